The number of halogens is 1. The zero-order chi connectivity index (χ0) is 19.6. The van der Waals surface area contributed by atoms with Crippen molar-refractivity contribution in [2.24, 2.45) is 0 Å². The molecule has 27 heavy (non-hydrogen) atoms. The molecule has 2 aromatic rings. The second-order valence-electron chi connectivity index (χ2n) is 6.08. The van der Waals surface area contributed by atoms with Crippen LogP contribution in [0.1, 0.15) is 22.5 Å². The normalized spacial score (nSPS) is 13.8. The minimum Gasteiger partial charge on any atom is -0.497 e. The second-order valence-corrected chi connectivity index (χ2v) is 8.48. The van der Waals surface area contributed by atoms with Gasteiger partial charge in [0.2, 0.25) is 0 Å². The Balaban J connectivity index is 2.00. The van der Waals surface area contributed by atoms with Crippen molar-refractivity contribution in [1.82, 2.24) is 9.88 Å². The van der Waals surface area contributed by atoms with E-state index in [0.29, 0.717) is 30.2 Å². The average molecular weight is 411 g/mol. The van der Waals surface area contributed by atoms with Crippen LogP contribution in [0.25, 0.3) is 0 Å². The van der Waals surface area contributed by atoms with Gasteiger partial charge in [0.15, 0.2) is 9.84 Å². The first-order valence-corrected chi connectivity index (χ1v) is 10.3. The molecule has 0 spiro atoms. The Bertz CT molecular complexity index is 974. The Morgan fingerprint density at radius 2 is 1.96 bits per heavy atom. The molecule has 0 bridgehead atoms. The van der Waals surface area contributed by atoms with E-state index in [4.69, 9.17) is 21.1 Å². The lowest BCUT2D eigenvalue weighted by molar-refractivity contribution is 0.0641. The minimum absolute atomic E-state index is 0.105. The molecule has 1 aliphatic rings. The lowest BCUT2D eigenvalue weighted by atomic mass is 10.2. The number of sulfone groups is 1. The summed E-state index contributed by atoms with van der Waals surface area (Å²) in [5, 5.41) is 0.149. The van der Waals surface area contributed by atoms with Crippen molar-refractivity contribution < 1.29 is 22.7 Å². The molecule has 1 aromatic carbocycles. The fourth-order valence-corrected chi connectivity index (χ4v) is 4.51. The molecular weight excluding hydrogens is 392 g/mol. The van der Waals surface area contributed by atoms with E-state index in [9.17, 15) is 13.2 Å². The van der Waals surface area contributed by atoms with E-state index in [-0.39, 0.29) is 21.4 Å². The minimum atomic E-state index is -3.90. The molecular formula is C18H19ClN2O5S. The molecule has 1 aromatic heterocycles. The topological polar surface area (TPSA) is 85.8 Å². The predicted molar refractivity (Wildman–Crippen MR) is 100 cm³/mol. The van der Waals surface area contributed by atoms with Crippen LogP contribution in [0.2, 0.25) is 5.02 Å². The number of likely N-dealkylation sites (tertiary alicyclic amines) is 1. The van der Waals surface area contributed by atoms with Crippen LogP contribution in [-0.2, 0) is 15.6 Å². The molecule has 0 saturated carbocycles. The second kappa shape index (κ2) is 7.74. The predicted octanol–water partition coefficient (Wildman–Crippen LogP) is 2.57. The van der Waals surface area contributed by atoms with Crippen LogP contribution in [0.3, 0.4) is 0 Å². The third-order valence-corrected chi connectivity index (χ3v) is 6.22. The number of pyridine rings is 1. The molecule has 1 aliphatic heterocycles. The maximum Gasteiger partial charge on any atom is 0.273 e. The summed E-state index contributed by atoms with van der Waals surface area (Å²) >= 11 is 5.96. The summed E-state index contributed by atoms with van der Waals surface area (Å²) in [5.74, 6) is 0.162. The van der Waals surface area contributed by atoms with Gasteiger partial charge in [0.05, 0.1) is 25.0 Å². The van der Waals surface area contributed by atoms with Gasteiger partial charge in [0.1, 0.15) is 22.1 Å². The van der Waals surface area contributed by atoms with Crippen LogP contribution in [0.4, 0.5) is 0 Å². The maximum absolute atomic E-state index is 13.1. The third kappa shape index (κ3) is 4.01. The molecule has 3 rings (SSSR count). The van der Waals surface area contributed by atoms with Gasteiger partial charge in [-0.3, -0.25) is 4.79 Å². The Labute approximate surface area is 162 Å². The first kappa shape index (κ1) is 19.4. The summed E-state index contributed by atoms with van der Waals surface area (Å²) in [6, 6.07) is 6.14. The van der Waals surface area contributed by atoms with Crippen LogP contribution in [0, 0.1) is 0 Å². The van der Waals surface area contributed by atoms with E-state index < -0.39 is 15.7 Å². The summed E-state index contributed by atoms with van der Waals surface area (Å²) < 4.78 is 36.6. The molecule has 1 amide bonds. The van der Waals surface area contributed by atoms with Crippen molar-refractivity contribution in [2.75, 3.05) is 27.3 Å². The Hall–Kier alpha value is -2.32. The van der Waals surface area contributed by atoms with Gasteiger partial charge in [0.25, 0.3) is 5.91 Å². The highest BCUT2D eigenvalue weighted by Crippen LogP contribution is 2.30. The Morgan fingerprint density at radius 1 is 1.22 bits per heavy atom. The number of carbonyl (C=O) groups is 1. The van der Waals surface area contributed by atoms with E-state index in [1.807, 2.05) is 0 Å². The maximum atomic E-state index is 13.1. The molecule has 2 heterocycles. The van der Waals surface area contributed by atoms with E-state index in [1.54, 1.807) is 23.1 Å². The standard InChI is InChI=1S/C18H19ClN2O5S/c1-25-14-5-4-12(15(9-14)26-2)11-27(23,24)16-8-13(19)10-20-17(16)18(22)21-6-3-7-21/h4-5,8-10H,3,6-7,11H2,1-2H3. The molecule has 0 aliphatic carbocycles. The van der Waals surface area contributed by atoms with E-state index in [0.717, 1.165) is 6.42 Å². The zero-order valence-corrected chi connectivity index (χ0v) is 16.5. The van der Waals surface area contributed by atoms with Crippen molar-refractivity contribution in [2.45, 2.75) is 17.1 Å². The largest absolute Gasteiger partial charge is 0.497 e. The van der Waals surface area contributed by atoms with Crippen molar-refractivity contribution in [3.63, 3.8) is 0 Å². The number of hydrogen-bond acceptors (Lipinski definition) is 6. The average Bonchev–Trinajstić information content (AvgIpc) is 2.60. The van der Waals surface area contributed by atoms with Crippen LogP contribution >= 0.6 is 11.6 Å². The van der Waals surface area contributed by atoms with Gasteiger partial charge >= 0.3 is 0 Å². The molecule has 0 unspecified atom stereocenters. The molecule has 0 atom stereocenters. The number of amides is 1. The summed E-state index contributed by atoms with van der Waals surface area (Å²) in [7, 11) is -0.937. The van der Waals surface area contributed by atoms with Crippen LogP contribution in [0.15, 0.2) is 35.4 Å². The highest BCUT2D eigenvalue weighted by Gasteiger charge is 2.30. The van der Waals surface area contributed by atoms with Gasteiger partial charge in [0, 0.05) is 30.9 Å². The zero-order valence-electron chi connectivity index (χ0n) is 14.9. The number of hydrogen-bond donors (Lipinski definition) is 0. The molecule has 0 radical (unpaired) electrons. The third-order valence-electron chi connectivity index (χ3n) is 4.34. The number of rotatable bonds is 6. The summed E-state index contributed by atoms with van der Waals surface area (Å²) in [4.78, 5) is 18.0. The number of aromatic nitrogens is 1. The Morgan fingerprint density at radius 3 is 2.56 bits per heavy atom. The van der Waals surface area contributed by atoms with Gasteiger partial charge in [-0.25, -0.2) is 13.4 Å². The van der Waals surface area contributed by atoms with Gasteiger partial charge in [-0.15, -0.1) is 0 Å². The van der Waals surface area contributed by atoms with Crippen LogP contribution in [0.5, 0.6) is 11.5 Å². The fraction of sp³-hybridized carbons (Fsp3) is 0.333. The molecule has 9 heteroatoms. The summed E-state index contributed by atoms with van der Waals surface area (Å²) in [6.07, 6.45) is 2.17. The smallest absolute Gasteiger partial charge is 0.273 e. The highest BCUT2D eigenvalue weighted by atomic mass is 35.5. The van der Waals surface area contributed by atoms with Crippen molar-refractivity contribution in [3.05, 3.63) is 46.7 Å². The van der Waals surface area contributed by atoms with Gasteiger partial charge in [-0.05, 0) is 18.6 Å². The lowest BCUT2D eigenvalue weighted by Gasteiger charge is -2.31. The number of methoxy groups -OCH3 is 2. The molecule has 1 fully saturated rings. The summed E-state index contributed by atoms with van der Waals surface area (Å²) in [5.41, 5.74) is 0.340. The van der Waals surface area contributed by atoms with Crippen LogP contribution in [-0.4, -0.2) is 51.5 Å². The number of nitrogens with zero attached hydrogens (tertiary/aromatic N) is 2. The van der Waals surface area contributed by atoms with Gasteiger partial charge < -0.3 is 14.4 Å². The monoisotopic (exact) mass is 410 g/mol. The van der Waals surface area contributed by atoms with Crippen LogP contribution < -0.4 is 9.47 Å². The van der Waals surface area contributed by atoms with E-state index in [2.05, 4.69) is 4.98 Å². The van der Waals surface area contributed by atoms with Crippen molar-refractivity contribution in [1.29, 1.82) is 0 Å². The van der Waals surface area contributed by atoms with Crippen molar-refractivity contribution in [3.8, 4) is 11.5 Å². The highest BCUT2D eigenvalue weighted by molar-refractivity contribution is 7.90. The number of benzene rings is 1. The van der Waals surface area contributed by atoms with Gasteiger partial charge in [-0.2, -0.15) is 0 Å². The van der Waals surface area contributed by atoms with Gasteiger partial charge in [-0.1, -0.05) is 17.7 Å². The molecule has 144 valence electrons. The van der Waals surface area contributed by atoms with E-state index in [1.165, 1.54) is 26.5 Å². The first-order chi connectivity index (χ1) is 12.9. The summed E-state index contributed by atoms with van der Waals surface area (Å²) in [6.45, 7) is 1.18. The molecule has 1 saturated heterocycles. The number of carbonyl (C=O) groups excluding carboxylic acids is 1. The van der Waals surface area contributed by atoms with Crippen molar-refractivity contribution >= 4 is 27.3 Å². The van der Waals surface area contributed by atoms with E-state index >= 15 is 0 Å². The fourth-order valence-electron chi connectivity index (χ4n) is 2.74. The number of ether oxygens (including phenoxy) is 2. The lowest BCUT2D eigenvalue weighted by Crippen LogP contribution is -2.42. The first-order valence-electron chi connectivity index (χ1n) is 8.24. The quantitative estimate of drug-likeness (QED) is 0.727. The SMILES string of the molecule is COc1ccc(CS(=O)(=O)c2cc(Cl)cnc2C(=O)N2CCC2)c(OC)c1. The molecule has 0 N–H and O–H groups in total. The Kier molecular flexibility index (Phi) is 5.57. The molecule has 7 nitrogen and oxygen atoms in total.